The standard InChI is InChI=1S/C15H23NO/c1-10-7-11(2)13(4)14(12(10)3)16-8-15(9-17)5-6-15/h7,16-17H,5-6,8-9H2,1-4H3. The highest BCUT2D eigenvalue weighted by Gasteiger charge is 2.41. The molecule has 1 fully saturated rings. The van der Waals surface area contributed by atoms with Crippen molar-refractivity contribution in [3.63, 3.8) is 0 Å². The molecule has 0 aromatic heterocycles. The number of aliphatic hydroxyl groups is 1. The average Bonchev–Trinajstić information content (AvgIpc) is 3.07. The first-order chi connectivity index (χ1) is 7.99. The van der Waals surface area contributed by atoms with Gasteiger partial charge >= 0.3 is 0 Å². The van der Waals surface area contributed by atoms with Crippen LogP contribution in [0, 0.1) is 33.1 Å². The van der Waals surface area contributed by atoms with Crippen molar-refractivity contribution in [2.75, 3.05) is 18.5 Å². The molecule has 17 heavy (non-hydrogen) atoms. The fourth-order valence-electron chi connectivity index (χ4n) is 2.33. The van der Waals surface area contributed by atoms with Gasteiger partial charge in [0.2, 0.25) is 0 Å². The molecule has 1 aliphatic rings. The Hall–Kier alpha value is -1.02. The molecule has 2 N–H and O–H groups in total. The molecule has 2 nitrogen and oxygen atoms in total. The Labute approximate surface area is 104 Å². The zero-order chi connectivity index (χ0) is 12.6. The second-order valence-electron chi connectivity index (χ2n) is 5.65. The third-order valence-electron chi connectivity index (χ3n) is 4.30. The van der Waals surface area contributed by atoms with Gasteiger partial charge in [-0.15, -0.1) is 0 Å². The maximum atomic E-state index is 9.34. The van der Waals surface area contributed by atoms with Gasteiger partial charge in [-0.1, -0.05) is 6.07 Å². The van der Waals surface area contributed by atoms with Crippen molar-refractivity contribution >= 4 is 5.69 Å². The van der Waals surface area contributed by atoms with Crippen molar-refractivity contribution in [1.82, 2.24) is 0 Å². The second kappa shape index (κ2) is 4.34. The Morgan fingerprint density at radius 1 is 1.12 bits per heavy atom. The summed E-state index contributed by atoms with van der Waals surface area (Å²) in [6, 6.07) is 2.24. The van der Waals surface area contributed by atoms with Gasteiger partial charge in [-0.3, -0.25) is 0 Å². The normalized spacial score (nSPS) is 17.0. The van der Waals surface area contributed by atoms with Crippen molar-refractivity contribution in [3.05, 3.63) is 28.3 Å². The van der Waals surface area contributed by atoms with E-state index in [1.54, 1.807) is 0 Å². The summed E-state index contributed by atoms with van der Waals surface area (Å²) in [6.45, 7) is 9.86. The summed E-state index contributed by atoms with van der Waals surface area (Å²) in [6.07, 6.45) is 2.30. The minimum Gasteiger partial charge on any atom is -0.396 e. The van der Waals surface area contributed by atoms with E-state index in [1.807, 2.05) is 0 Å². The molecule has 0 heterocycles. The van der Waals surface area contributed by atoms with Crippen molar-refractivity contribution < 1.29 is 5.11 Å². The monoisotopic (exact) mass is 233 g/mol. The van der Waals surface area contributed by atoms with E-state index in [0.29, 0.717) is 6.61 Å². The molecule has 1 saturated carbocycles. The Morgan fingerprint density at radius 3 is 2.06 bits per heavy atom. The molecule has 94 valence electrons. The smallest absolute Gasteiger partial charge is 0.0504 e. The van der Waals surface area contributed by atoms with Crippen molar-refractivity contribution in [2.45, 2.75) is 40.5 Å². The predicted molar refractivity (Wildman–Crippen MR) is 72.6 cm³/mol. The first-order valence-electron chi connectivity index (χ1n) is 6.41. The molecule has 0 amide bonds. The van der Waals surface area contributed by atoms with Gasteiger partial charge in [0, 0.05) is 17.6 Å². The topological polar surface area (TPSA) is 32.3 Å². The molecule has 0 aliphatic heterocycles. The van der Waals surface area contributed by atoms with E-state index < -0.39 is 0 Å². The minimum atomic E-state index is 0.163. The number of anilines is 1. The van der Waals surface area contributed by atoms with Gasteiger partial charge in [0.1, 0.15) is 0 Å². The molecule has 1 aromatic carbocycles. The molecule has 0 bridgehead atoms. The lowest BCUT2D eigenvalue weighted by Crippen LogP contribution is -2.20. The van der Waals surface area contributed by atoms with Crippen LogP contribution in [0.1, 0.15) is 35.1 Å². The lowest BCUT2D eigenvalue weighted by Gasteiger charge is -2.20. The van der Waals surface area contributed by atoms with Crippen molar-refractivity contribution in [3.8, 4) is 0 Å². The molecule has 0 unspecified atom stereocenters. The van der Waals surface area contributed by atoms with Gasteiger partial charge < -0.3 is 10.4 Å². The molecule has 0 radical (unpaired) electrons. The van der Waals surface area contributed by atoms with E-state index in [2.05, 4.69) is 39.1 Å². The molecular weight excluding hydrogens is 210 g/mol. The van der Waals surface area contributed by atoms with Crippen LogP contribution in [0.3, 0.4) is 0 Å². The van der Waals surface area contributed by atoms with Gasteiger partial charge in [-0.25, -0.2) is 0 Å². The number of nitrogens with one attached hydrogen (secondary N) is 1. The number of hydrogen-bond acceptors (Lipinski definition) is 2. The van der Waals surface area contributed by atoms with Gasteiger partial charge in [0.15, 0.2) is 0 Å². The summed E-state index contributed by atoms with van der Waals surface area (Å²) in [5.41, 5.74) is 6.77. The van der Waals surface area contributed by atoms with Crippen LogP contribution in [-0.4, -0.2) is 18.3 Å². The Bertz CT molecular complexity index is 407. The van der Waals surface area contributed by atoms with Crippen molar-refractivity contribution in [1.29, 1.82) is 0 Å². The SMILES string of the molecule is Cc1cc(C)c(C)c(NCC2(CO)CC2)c1C. The summed E-state index contributed by atoms with van der Waals surface area (Å²) in [5, 5.41) is 12.9. The molecule has 0 atom stereocenters. The highest BCUT2D eigenvalue weighted by atomic mass is 16.3. The van der Waals surface area contributed by atoms with Gasteiger partial charge in [-0.2, -0.15) is 0 Å². The van der Waals surface area contributed by atoms with Crippen LogP contribution >= 0.6 is 0 Å². The molecule has 0 spiro atoms. The molecular formula is C15H23NO. The molecule has 1 aromatic rings. The first-order valence-corrected chi connectivity index (χ1v) is 6.41. The third-order valence-corrected chi connectivity index (χ3v) is 4.30. The Balaban J connectivity index is 2.20. The number of aryl methyl sites for hydroxylation is 2. The van der Waals surface area contributed by atoms with Crippen molar-refractivity contribution in [2.24, 2.45) is 5.41 Å². The first kappa shape index (κ1) is 12.4. The highest BCUT2D eigenvalue weighted by Crippen LogP contribution is 2.45. The quantitative estimate of drug-likeness (QED) is 0.837. The van der Waals surface area contributed by atoms with Crippen LogP contribution < -0.4 is 5.32 Å². The second-order valence-corrected chi connectivity index (χ2v) is 5.65. The van der Waals surface area contributed by atoms with E-state index in [-0.39, 0.29) is 5.41 Å². The fraction of sp³-hybridized carbons (Fsp3) is 0.600. The number of aliphatic hydroxyl groups excluding tert-OH is 1. The maximum Gasteiger partial charge on any atom is 0.0504 e. The van der Waals surface area contributed by atoms with E-state index in [1.165, 1.54) is 27.9 Å². The maximum absolute atomic E-state index is 9.34. The number of hydrogen-bond donors (Lipinski definition) is 2. The summed E-state index contributed by atoms with van der Waals surface area (Å²) >= 11 is 0. The zero-order valence-electron chi connectivity index (χ0n) is 11.4. The molecule has 0 saturated heterocycles. The Morgan fingerprint density at radius 2 is 1.65 bits per heavy atom. The zero-order valence-corrected chi connectivity index (χ0v) is 11.4. The average molecular weight is 233 g/mol. The van der Waals surface area contributed by atoms with Crippen LogP contribution in [0.4, 0.5) is 5.69 Å². The van der Waals surface area contributed by atoms with Crippen LogP contribution in [0.2, 0.25) is 0 Å². The van der Waals surface area contributed by atoms with Gasteiger partial charge in [0.05, 0.1) is 6.61 Å². The summed E-state index contributed by atoms with van der Waals surface area (Å²) < 4.78 is 0. The predicted octanol–water partition coefficient (Wildman–Crippen LogP) is 3.10. The van der Waals surface area contributed by atoms with E-state index in [4.69, 9.17) is 0 Å². The van der Waals surface area contributed by atoms with Crippen LogP contribution in [0.15, 0.2) is 6.07 Å². The summed E-state index contributed by atoms with van der Waals surface area (Å²) in [5.74, 6) is 0. The molecule has 2 heteroatoms. The van der Waals surface area contributed by atoms with E-state index in [9.17, 15) is 5.11 Å². The Kier molecular flexibility index (Phi) is 3.17. The van der Waals surface area contributed by atoms with Crippen LogP contribution in [0.5, 0.6) is 0 Å². The lowest BCUT2D eigenvalue weighted by molar-refractivity contribution is 0.220. The molecule has 2 rings (SSSR count). The number of rotatable bonds is 4. The fourth-order valence-corrected chi connectivity index (χ4v) is 2.33. The minimum absolute atomic E-state index is 0.163. The number of benzene rings is 1. The van der Waals surface area contributed by atoms with E-state index in [0.717, 1.165) is 19.4 Å². The van der Waals surface area contributed by atoms with E-state index >= 15 is 0 Å². The third kappa shape index (κ3) is 2.32. The summed E-state index contributed by atoms with van der Waals surface area (Å²) in [4.78, 5) is 0. The van der Waals surface area contributed by atoms with Gasteiger partial charge in [0.25, 0.3) is 0 Å². The molecule has 1 aliphatic carbocycles. The van der Waals surface area contributed by atoms with Crippen LogP contribution in [0.25, 0.3) is 0 Å². The van der Waals surface area contributed by atoms with Crippen LogP contribution in [-0.2, 0) is 0 Å². The van der Waals surface area contributed by atoms with Gasteiger partial charge in [-0.05, 0) is 62.8 Å². The lowest BCUT2D eigenvalue weighted by atomic mass is 9.98. The highest BCUT2D eigenvalue weighted by molar-refractivity contribution is 5.62. The largest absolute Gasteiger partial charge is 0.396 e. The summed E-state index contributed by atoms with van der Waals surface area (Å²) in [7, 11) is 0.